The van der Waals surface area contributed by atoms with Gasteiger partial charge >= 0.3 is 0 Å². The number of amides is 1. The van der Waals surface area contributed by atoms with E-state index in [1.165, 1.54) is 16.0 Å². The second kappa shape index (κ2) is 8.81. The molecule has 0 unspecified atom stereocenters. The van der Waals surface area contributed by atoms with Crippen molar-refractivity contribution in [3.8, 4) is 6.07 Å². The van der Waals surface area contributed by atoms with Gasteiger partial charge in [-0.25, -0.2) is 0 Å². The molecule has 1 fully saturated rings. The Bertz CT molecular complexity index is 817. The van der Waals surface area contributed by atoms with E-state index < -0.39 is 0 Å². The number of quaternary nitrogens is 2. The Labute approximate surface area is 161 Å². The van der Waals surface area contributed by atoms with Crippen molar-refractivity contribution in [3.63, 3.8) is 0 Å². The fourth-order valence-corrected chi connectivity index (χ4v) is 3.68. The van der Waals surface area contributed by atoms with Crippen molar-refractivity contribution in [1.82, 2.24) is 0 Å². The highest BCUT2D eigenvalue weighted by Crippen LogP contribution is 2.09. The molecule has 0 aromatic heterocycles. The molecule has 0 spiro atoms. The summed E-state index contributed by atoms with van der Waals surface area (Å²) in [5.41, 5.74) is 4.12. The van der Waals surface area contributed by atoms with Crippen LogP contribution in [-0.2, 0) is 11.3 Å². The third-order valence-electron chi connectivity index (χ3n) is 5.59. The second-order valence-electron chi connectivity index (χ2n) is 7.41. The number of nitrogens with one attached hydrogen (secondary N) is 3. The van der Waals surface area contributed by atoms with Crippen LogP contribution < -0.4 is 15.1 Å². The molecule has 5 heteroatoms. The molecule has 2 aromatic rings. The third-order valence-corrected chi connectivity index (χ3v) is 5.59. The fourth-order valence-electron chi connectivity index (χ4n) is 3.68. The highest BCUT2D eigenvalue weighted by atomic mass is 16.2. The lowest BCUT2D eigenvalue weighted by molar-refractivity contribution is -1.02. The van der Waals surface area contributed by atoms with Gasteiger partial charge in [0.1, 0.15) is 32.7 Å². The first-order chi connectivity index (χ1) is 13.1. The highest BCUT2D eigenvalue weighted by Gasteiger charge is 2.31. The van der Waals surface area contributed by atoms with Crippen LogP contribution in [0, 0.1) is 18.3 Å². The van der Waals surface area contributed by atoms with Gasteiger partial charge in [-0.1, -0.05) is 24.3 Å². The van der Waals surface area contributed by atoms with E-state index in [0.717, 1.165) is 38.4 Å². The Morgan fingerprint density at radius 2 is 1.78 bits per heavy atom. The Kier molecular flexibility index (Phi) is 6.23. The number of aryl methyl sites for hydroxylation is 1. The zero-order chi connectivity index (χ0) is 19.2. The molecule has 27 heavy (non-hydrogen) atoms. The van der Waals surface area contributed by atoms with E-state index in [2.05, 4.69) is 42.6 Å². The van der Waals surface area contributed by atoms with Gasteiger partial charge in [-0.3, -0.25) is 4.79 Å². The number of hydrogen-bond acceptors (Lipinski definition) is 2. The molecule has 1 heterocycles. The molecular formula is C22H28N4O+2. The van der Waals surface area contributed by atoms with E-state index in [4.69, 9.17) is 5.26 Å². The van der Waals surface area contributed by atoms with Crippen LogP contribution in [0.5, 0.6) is 0 Å². The summed E-state index contributed by atoms with van der Waals surface area (Å²) in [5.74, 6) is 0.0389. The predicted molar refractivity (Wildman–Crippen MR) is 106 cm³/mol. The van der Waals surface area contributed by atoms with Crippen LogP contribution in [-0.4, -0.2) is 38.1 Å². The Hall–Kier alpha value is -2.68. The van der Waals surface area contributed by atoms with Crippen LogP contribution in [0.1, 0.15) is 23.6 Å². The smallest absolute Gasteiger partial charge is 0.282 e. The molecule has 0 saturated carbocycles. The van der Waals surface area contributed by atoms with E-state index in [0.29, 0.717) is 5.56 Å². The minimum atomic E-state index is -0.0827. The molecule has 2 aromatic carbocycles. The zero-order valence-electron chi connectivity index (χ0n) is 16.1. The molecule has 0 aliphatic carbocycles. The minimum Gasteiger partial charge on any atom is -0.322 e. The molecule has 140 valence electrons. The first kappa shape index (κ1) is 19.1. The summed E-state index contributed by atoms with van der Waals surface area (Å²) in [7, 11) is 0. The number of carbonyl (C=O) groups is 1. The van der Waals surface area contributed by atoms with E-state index in [9.17, 15) is 4.79 Å². The zero-order valence-corrected chi connectivity index (χ0v) is 16.1. The molecule has 5 nitrogen and oxygen atoms in total. The maximum atomic E-state index is 12.6. The number of carbonyl (C=O) groups excluding carboxylic acids is 1. The highest BCUT2D eigenvalue weighted by molar-refractivity contribution is 5.93. The van der Waals surface area contributed by atoms with Crippen molar-refractivity contribution in [2.24, 2.45) is 0 Å². The molecule has 1 atom stereocenters. The number of anilines is 1. The maximum absolute atomic E-state index is 12.6. The van der Waals surface area contributed by atoms with Gasteiger partial charge in [-0.2, -0.15) is 5.26 Å². The summed E-state index contributed by atoms with van der Waals surface area (Å²) in [4.78, 5) is 15.5. The van der Waals surface area contributed by atoms with Gasteiger partial charge in [0.05, 0.1) is 11.6 Å². The van der Waals surface area contributed by atoms with Crippen molar-refractivity contribution in [3.05, 3.63) is 65.2 Å². The first-order valence-electron chi connectivity index (χ1n) is 9.60. The van der Waals surface area contributed by atoms with Crippen LogP contribution >= 0.6 is 0 Å². The third kappa shape index (κ3) is 4.94. The van der Waals surface area contributed by atoms with Crippen LogP contribution in [0.25, 0.3) is 0 Å². The predicted octanol–water partition coefficient (Wildman–Crippen LogP) is 0.177. The van der Waals surface area contributed by atoms with Gasteiger partial charge in [0.25, 0.3) is 5.91 Å². The SMILES string of the molecule is Cc1ccccc1C[NH+]1CC[NH+]([C@@H](C)C(=O)Nc2ccc(C#N)cc2)CC1. The van der Waals surface area contributed by atoms with E-state index >= 15 is 0 Å². The molecule has 3 N–H and O–H groups in total. The number of nitrogens with zero attached hydrogens (tertiary/aromatic N) is 1. The molecule has 1 saturated heterocycles. The van der Waals surface area contributed by atoms with Gasteiger partial charge in [0.2, 0.25) is 0 Å². The molecule has 1 amide bonds. The van der Waals surface area contributed by atoms with Crippen LogP contribution in [0.4, 0.5) is 5.69 Å². The lowest BCUT2D eigenvalue weighted by atomic mass is 10.1. The van der Waals surface area contributed by atoms with Gasteiger partial charge in [-0.15, -0.1) is 0 Å². The van der Waals surface area contributed by atoms with Crippen LogP contribution in [0.2, 0.25) is 0 Å². The standard InChI is InChI=1S/C22H26N4O/c1-17-5-3-4-6-20(17)16-25-11-13-26(14-12-25)18(2)22(27)24-21-9-7-19(15-23)8-10-21/h3-10,18H,11-14,16H2,1-2H3,(H,24,27)/p+2/t18-/m0/s1. The van der Waals surface area contributed by atoms with Gasteiger partial charge in [0, 0.05) is 11.3 Å². The van der Waals surface area contributed by atoms with Crippen molar-refractivity contribution < 1.29 is 14.6 Å². The number of piperazine rings is 1. The average molecular weight is 364 g/mol. The largest absolute Gasteiger partial charge is 0.322 e. The average Bonchev–Trinajstić information content (AvgIpc) is 2.70. The van der Waals surface area contributed by atoms with Crippen molar-refractivity contribution in [2.75, 3.05) is 31.5 Å². The summed E-state index contributed by atoms with van der Waals surface area (Å²) in [6.07, 6.45) is 0. The molecule has 3 rings (SSSR count). The lowest BCUT2D eigenvalue weighted by Gasteiger charge is -2.32. The first-order valence-corrected chi connectivity index (χ1v) is 9.60. The van der Waals surface area contributed by atoms with Crippen LogP contribution in [0.3, 0.4) is 0 Å². The number of benzene rings is 2. The summed E-state index contributed by atoms with van der Waals surface area (Å²) in [6.45, 7) is 9.40. The molecule has 1 aliphatic heterocycles. The summed E-state index contributed by atoms with van der Waals surface area (Å²) in [6, 6.07) is 17.6. The van der Waals surface area contributed by atoms with Crippen molar-refractivity contribution in [2.45, 2.75) is 26.4 Å². The normalized spacial score (nSPS) is 20.5. The second-order valence-corrected chi connectivity index (χ2v) is 7.41. The Morgan fingerprint density at radius 1 is 1.11 bits per heavy atom. The fraction of sp³-hybridized carbons (Fsp3) is 0.364. The number of hydrogen-bond donors (Lipinski definition) is 3. The quantitative estimate of drug-likeness (QED) is 0.709. The van der Waals surface area contributed by atoms with Crippen molar-refractivity contribution >= 4 is 11.6 Å². The minimum absolute atomic E-state index is 0.0389. The van der Waals surface area contributed by atoms with Gasteiger partial charge in [-0.05, 0) is 43.7 Å². The van der Waals surface area contributed by atoms with E-state index in [-0.39, 0.29) is 11.9 Å². The number of rotatable bonds is 5. The Balaban J connectivity index is 1.50. The van der Waals surface area contributed by atoms with E-state index in [1.807, 2.05) is 6.92 Å². The van der Waals surface area contributed by atoms with Crippen LogP contribution in [0.15, 0.2) is 48.5 Å². The van der Waals surface area contributed by atoms with Crippen molar-refractivity contribution in [1.29, 1.82) is 5.26 Å². The monoisotopic (exact) mass is 364 g/mol. The summed E-state index contributed by atoms with van der Waals surface area (Å²) >= 11 is 0. The summed E-state index contributed by atoms with van der Waals surface area (Å²) < 4.78 is 0. The molecule has 1 aliphatic rings. The molecular weight excluding hydrogens is 336 g/mol. The van der Waals surface area contributed by atoms with Gasteiger partial charge < -0.3 is 15.1 Å². The number of nitriles is 1. The summed E-state index contributed by atoms with van der Waals surface area (Å²) in [5, 5.41) is 11.8. The molecule has 0 radical (unpaired) electrons. The van der Waals surface area contributed by atoms with Gasteiger partial charge in [0.15, 0.2) is 6.04 Å². The molecule has 0 bridgehead atoms. The topological polar surface area (TPSA) is 61.8 Å². The maximum Gasteiger partial charge on any atom is 0.282 e. The lowest BCUT2D eigenvalue weighted by Crippen LogP contribution is -3.29. The Morgan fingerprint density at radius 3 is 2.41 bits per heavy atom. The van der Waals surface area contributed by atoms with E-state index in [1.54, 1.807) is 29.2 Å².